The van der Waals surface area contributed by atoms with Crippen molar-refractivity contribution in [1.29, 1.82) is 0 Å². The predicted octanol–water partition coefficient (Wildman–Crippen LogP) is 2.49. The van der Waals surface area contributed by atoms with Gasteiger partial charge in [0, 0.05) is 12.4 Å². The summed E-state index contributed by atoms with van der Waals surface area (Å²) in [6.45, 7) is 0. The van der Waals surface area contributed by atoms with Gasteiger partial charge in [-0.3, -0.25) is 15.2 Å². The van der Waals surface area contributed by atoms with Crippen molar-refractivity contribution in [1.82, 2.24) is 15.2 Å². The van der Waals surface area contributed by atoms with Crippen molar-refractivity contribution in [3.63, 3.8) is 0 Å². The van der Waals surface area contributed by atoms with Gasteiger partial charge in [0.2, 0.25) is 0 Å². The Hall–Kier alpha value is -3.72. The van der Waals surface area contributed by atoms with Crippen molar-refractivity contribution < 1.29 is 14.3 Å². The van der Waals surface area contributed by atoms with Gasteiger partial charge in [-0.15, -0.1) is 0 Å². The number of nitrogens with one attached hydrogen (secondary N) is 2. The molecule has 1 aromatic carbocycles. The van der Waals surface area contributed by atoms with Crippen LogP contribution in [0.3, 0.4) is 0 Å². The quantitative estimate of drug-likeness (QED) is 0.283. The first-order valence-electron chi connectivity index (χ1n) is 7.91. The third-order valence-electron chi connectivity index (χ3n) is 3.48. The Morgan fingerprint density at radius 2 is 2.14 bits per heavy atom. The molecule has 0 radical (unpaired) electrons. The number of H-pyrrole nitrogens is 1. The summed E-state index contributed by atoms with van der Waals surface area (Å²) < 4.78 is 10.6. The number of methoxy groups -OCH3 is 1. The molecule has 0 amide bonds. The molecule has 3 rings (SSSR count). The van der Waals surface area contributed by atoms with Gasteiger partial charge in [-0.2, -0.15) is 10.2 Å². The molecule has 10 heteroatoms. The van der Waals surface area contributed by atoms with E-state index in [0.717, 1.165) is 0 Å². The number of hydrazone groups is 1. The normalized spacial score (nSPS) is 10.6. The fourth-order valence-electron chi connectivity index (χ4n) is 2.13. The van der Waals surface area contributed by atoms with Crippen LogP contribution >= 0.6 is 11.6 Å². The second-order valence-electron chi connectivity index (χ2n) is 5.34. The fourth-order valence-corrected chi connectivity index (χ4v) is 2.26. The fraction of sp³-hybridized carbons (Fsp3) is 0.0556. The average molecular weight is 400 g/mol. The van der Waals surface area contributed by atoms with Crippen LogP contribution < -0.4 is 20.5 Å². The molecule has 2 N–H and O–H groups in total. The Kier molecular flexibility index (Phi) is 5.97. The van der Waals surface area contributed by atoms with E-state index in [2.05, 4.69) is 25.7 Å². The lowest BCUT2D eigenvalue weighted by Gasteiger charge is -2.09. The van der Waals surface area contributed by atoms with Gasteiger partial charge in [0.1, 0.15) is 10.7 Å². The summed E-state index contributed by atoms with van der Waals surface area (Å²) >= 11 is 5.85. The number of benzene rings is 1. The lowest BCUT2D eigenvalue weighted by molar-refractivity contribution is 0.0729. The molecule has 2 aromatic heterocycles. The number of hydrogen-bond donors (Lipinski definition) is 2. The Morgan fingerprint density at radius 1 is 1.29 bits per heavy atom. The van der Waals surface area contributed by atoms with Crippen LogP contribution in [-0.4, -0.2) is 34.5 Å². The minimum atomic E-state index is -0.550. The first kappa shape index (κ1) is 19.1. The summed E-state index contributed by atoms with van der Waals surface area (Å²) in [6, 6.07) is 8.13. The lowest BCUT2D eigenvalue weighted by atomic mass is 10.2. The molecule has 0 aliphatic rings. The topological polar surface area (TPSA) is 119 Å². The number of rotatable bonds is 6. The largest absolute Gasteiger partial charge is 0.493 e. The van der Waals surface area contributed by atoms with E-state index in [0.29, 0.717) is 16.9 Å². The van der Waals surface area contributed by atoms with Gasteiger partial charge in [-0.05, 0) is 35.9 Å². The van der Waals surface area contributed by atoms with E-state index in [1.807, 2.05) is 0 Å². The van der Waals surface area contributed by atoms with Gasteiger partial charge in [0.15, 0.2) is 11.5 Å². The molecule has 3 aromatic rings. The summed E-state index contributed by atoms with van der Waals surface area (Å²) in [4.78, 5) is 27.4. The van der Waals surface area contributed by atoms with Crippen molar-refractivity contribution in [3.8, 4) is 11.5 Å². The Morgan fingerprint density at radius 3 is 2.89 bits per heavy atom. The van der Waals surface area contributed by atoms with Crippen molar-refractivity contribution in [3.05, 3.63) is 75.4 Å². The third kappa shape index (κ3) is 4.51. The number of pyridine rings is 1. The summed E-state index contributed by atoms with van der Waals surface area (Å²) in [7, 11) is 1.46. The number of anilines is 1. The molecular formula is C18H14ClN5O4. The third-order valence-corrected chi connectivity index (χ3v) is 3.86. The average Bonchev–Trinajstić information content (AvgIpc) is 2.72. The molecule has 0 aliphatic heterocycles. The van der Waals surface area contributed by atoms with Gasteiger partial charge >= 0.3 is 5.97 Å². The molecule has 0 saturated carbocycles. The van der Waals surface area contributed by atoms with Gasteiger partial charge in [-0.25, -0.2) is 9.89 Å². The maximum absolute atomic E-state index is 12.2. The van der Waals surface area contributed by atoms with Gasteiger partial charge < -0.3 is 9.47 Å². The maximum atomic E-state index is 12.2. The van der Waals surface area contributed by atoms with Gasteiger partial charge in [0.25, 0.3) is 5.56 Å². The molecule has 28 heavy (non-hydrogen) atoms. The number of halogens is 1. The van der Waals surface area contributed by atoms with Crippen molar-refractivity contribution in [2.75, 3.05) is 12.5 Å². The van der Waals surface area contributed by atoms with E-state index in [1.165, 1.54) is 25.7 Å². The molecule has 0 fully saturated rings. The second-order valence-corrected chi connectivity index (χ2v) is 5.72. The number of esters is 1. The van der Waals surface area contributed by atoms with Crippen molar-refractivity contribution in [2.24, 2.45) is 5.10 Å². The highest BCUT2D eigenvalue weighted by Crippen LogP contribution is 2.28. The Balaban J connectivity index is 1.73. The van der Waals surface area contributed by atoms with Crippen LogP contribution in [0.4, 0.5) is 5.69 Å². The summed E-state index contributed by atoms with van der Waals surface area (Å²) in [5, 5.41) is 9.79. The standard InChI is InChI=1S/C18H14ClN5O4/c1-27-15-7-11(8-21-23-13-10-22-24-17(25)16(13)19)4-5-14(15)28-18(26)12-3-2-6-20-9-12/h2-10H,1H3,(H2,23,24,25)/b21-8-. The SMILES string of the molecule is COc1cc(/C=N\Nc2cn[nH]c(=O)c2Cl)ccc1OC(=O)c1cccnc1. The number of ether oxygens (including phenoxy) is 2. The highest BCUT2D eigenvalue weighted by atomic mass is 35.5. The molecule has 0 bridgehead atoms. The number of carbonyl (C=O) groups excluding carboxylic acids is 1. The molecule has 142 valence electrons. The van der Waals surface area contributed by atoms with Gasteiger partial charge in [0.05, 0.1) is 25.1 Å². The summed E-state index contributed by atoms with van der Waals surface area (Å²) in [5.74, 6) is 0.0475. The zero-order chi connectivity index (χ0) is 19.9. The van der Waals surface area contributed by atoms with E-state index in [9.17, 15) is 9.59 Å². The summed E-state index contributed by atoms with van der Waals surface area (Å²) in [6.07, 6.45) is 5.79. The Bertz CT molecular complexity index is 1070. The number of hydrogen-bond acceptors (Lipinski definition) is 8. The van der Waals surface area contributed by atoms with Crippen LogP contribution in [0, 0.1) is 0 Å². The van der Waals surface area contributed by atoms with E-state index in [-0.39, 0.29) is 16.5 Å². The Labute approximate surface area is 164 Å². The van der Waals surface area contributed by atoms with Gasteiger partial charge in [-0.1, -0.05) is 11.6 Å². The van der Waals surface area contributed by atoms with Crippen LogP contribution in [-0.2, 0) is 0 Å². The number of aromatic amines is 1. The smallest absolute Gasteiger partial charge is 0.345 e. The zero-order valence-electron chi connectivity index (χ0n) is 14.5. The minimum absolute atomic E-state index is 0.0533. The first-order chi connectivity index (χ1) is 13.6. The van der Waals surface area contributed by atoms with E-state index >= 15 is 0 Å². The van der Waals surface area contributed by atoms with Crippen LogP contribution in [0.2, 0.25) is 5.02 Å². The summed E-state index contributed by atoms with van der Waals surface area (Å²) in [5.41, 5.74) is 3.34. The molecule has 0 spiro atoms. The molecule has 0 unspecified atom stereocenters. The predicted molar refractivity (Wildman–Crippen MR) is 103 cm³/mol. The molecule has 0 aliphatic carbocycles. The molecule has 2 heterocycles. The zero-order valence-corrected chi connectivity index (χ0v) is 15.3. The first-order valence-corrected chi connectivity index (χ1v) is 8.29. The molecule has 0 saturated heterocycles. The van der Waals surface area contributed by atoms with E-state index < -0.39 is 11.5 Å². The lowest BCUT2D eigenvalue weighted by Crippen LogP contribution is -2.10. The monoisotopic (exact) mass is 399 g/mol. The second kappa shape index (κ2) is 8.78. The number of nitrogens with zero attached hydrogens (tertiary/aromatic N) is 3. The van der Waals surface area contributed by atoms with Crippen LogP contribution in [0.15, 0.2) is 58.8 Å². The van der Waals surface area contributed by atoms with Crippen molar-refractivity contribution >= 4 is 29.5 Å². The number of aromatic nitrogens is 3. The van der Waals surface area contributed by atoms with Crippen LogP contribution in [0.25, 0.3) is 0 Å². The highest BCUT2D eigenvalue weighted by Gasteiger charge is 2.12. The molecule has 0 atom stereocenters. The molecule has 9 nitrogen and oxygen atoms in total. The van der Waals surface area contributed by atoms with Crippen LogP contribution in [0.1, 0.15) is 15.9 Å². The maximum Gasteiger partial charge on any atom is 0.345 e. The number of carbonyl (C=O) groups is 1. The van der Waals surface area contributed by atoms with E-state index in [4.69, 9.17) is 21.1 Å². The highest BCUT2D eigenvalue weighted by molar-refractivity contribution is 6.32. The van der Waals surface area contributed by atoms with Crippen LogP contribution in [0.5, 0.6) is 11.5 Å². The minimum Gasteiger partial charge on any atom is -0.493 e. The van der Waals surface area contributed by atoms with Crippen molar-refractivity contribution in [2.45, 2.75) is 0 Å². The van der Waals surface area contributed by atoms with E-state index in [1.54, 1.807) is 36.5 Å². The molecular weight excluding hydrogens is 386 g/mol.